The third-order valence-electron chi connectivity index (χ3n) is 7.29. The number of carboxylic acid groups (broad SMARTS) is 2. The van der Waals surface area contributed by atoms with Gasteiger partial charge in [-0.15, -0.1) is 0 Å². The van der Waals surface area contributed by atoms with E-state index in [0.29, 0.717) is 13.1 Å². The molecule has 0 radical (unpaired) electrons. The van der Waals surface area contributed by atoms with Gasteiger partial charge in [0.05, 0.1) is 0 Å². The number of hydrogen-bond acceptors (Lipinski definition) is 4. The highest BCUT2D eigenvalue weighted by molar-refractivity contribution is 6.09. The Kier molecular flexibility index (Phi) is 6.05. The fourth-order valence-corrected chi connectivity index (χ4v) is 5.30. The zero-order valence-corrected chi connectivity index (χ0v) is 20.6. The maximum atomic E-state index is 11.6. The minimum Gasteiger partial charge on any atom is -0.480 e. The largest absolute Gasteiger partial charge is 0.480 e. The predicted octanol–water partition coefficient (Wildman–Crippen LogP) is 6.17. The Morgan fingerprint density at radius 3 is 2.13 bits per heavy atom. The molecule has 0 saturated carbocycles. The van der Waals surface area contributed by atoms with E-state index in [4.69, 9.17) is 4.42 Å². The summed E-state index contributed by atoms with van der Waals surface area (Å²) in [5.74, 6) is -1.12. The van der Waals surface area contributed by atoms with Crippen molar-refractivity contribution in [1.82, 2.24) is 9.80 Å². The van der Waals surface area contributed by atoms with Crippen LogP contribution in [0.5, 0.6) is 0 Å². The number of nitrogens with zero attached hydrogens (tertiary/aromatic N) is 2. The lowest BCUT2D eigenvalue weighted by molar-refractivity contribution is -0.145. The van der Waals surface area contributed by atoms with E-state index in [1.54, 1.807) is 0 Å². The van der Waals surface area contributed by atoms with Gasteiger partial charge >= 0.3 is 12.1 Å². The Hall–Kier alpha value is -4.62. The second kappa shape index (κ2) is 9.68. The summed E-state index contributed by atoms with van der Waals surface area (Å²) in [4.78, 5) is 25.9. The molecule has 5 aromatic rings. The van der Waals surface area contributed by atoms with Crippen molar-refractivity contribution in [2.75, 3.05) is 19.6 Å². The zero-order valence-electron chi connectivity index (χ0n) is 20.6. The second-order valence-electron chi connectivity index (χ2n) is 9.62. The van der Waals surface area contributed by atoms with Crippen molar-refractivity contribution in [3.8, 4) is 22.3 Å². The lowest BCUT2D eigenvalue weighted by Gasteiger charge is -2.37. The first-order chi connectivity index (χ1) is 18.5. The Morgan fingerprint density at radius 1 is 0.763 bits per heavy atom. The molecule has 1 unspecified atom stereocenters. The molecular formula is C31H26N2O5. The summed E-state index contributed by atoms with van der Waals surface area (Å²) < 4.78 is 6.20. The molecule has 1 atom stereocenters. The van der Waals surface area contributed by atoms with Crippen LogP contribution in [0.3, 0.4) is 0 Å². The van der Waals surface area contributed by atoms with Crippen molar-refractivity contribution in [3.05, 3.63) is 96.6 Å². The fourth-order valence-electron chi connectivity index (χ4n) is 5.30. The maximum Gasteiger partial charge on any atom is 0.408 e. The number of carbonyl (C=O) groups is 2. The molecule has 4 aromatic carbocycles. The number of benzene rings is 4. The van der Waals surface area contributed by atoms with Crippen LogP contribution in [-0.4, -0.2) is 57.8 Å². The molecule has 1 aliphatic rings. The van der Waals surface area contributed by atoms with Gasteiger partial charge in [-0.3, -0.25) is 9.80 Å². The standard InChI is InChI=1S/C31H26N2O5/c34-30(35)27-19-32(16-17-33(27)31(36)37)18-20-8-10-21(11-9-20)22-12-14-23(15-13-22)24-5-3-6-26-25-4-1-2-7-28(25)38-29(24)26/h1-15,27H,16-19H2,(H,34,35)(H,36,37). The third kappa shape index (κ3) is 4.37. The molecule has 1 saturated heterocycles. The van der Waals surface area contributed by atoms with E-state index in [1.807, 2.05) is 35.2 Å². The molecule has 0 spiro atoms. The summed E-state index contributed by atoms with van der Waals surface area (Å²) in [6.07, 6.45) is -1.19. The van der Waals surface area contributed by atoms with Crippen LogP contribution in [0.25, 0.3) is 44.2 Å². The minimum atomic E-state index is -1.19. The van der Waals surface area contributed by atoms with Crippen LogP contribution in [0.15, 0.2) is 95.4 Å². The summed E-state index contributed by atoms with van der Waals surface area (Å²) >= 11 is 0. The van der Waals surface area contributed by atoms with Crippen molar-refractivity contribution in [2.24, 2.45) is 0 Å². The molecule has 6 rings (SSSR count). The van der Waals surface area contributed by atoms with Gasteiger partial charge in [0, 0.05) is 42.5 Å². The second-order valence-corrected chi connectivity index (χ2v) is 9.62. The van der Waals surface area contributed by atoms with Crippen LogP contribution < -0.4 is 0 Å². The van der Waals surface area contributed by atoms with Gasteiger partial charge in [-0.25, -0.2) is 9.59 Å². The average molecular weight is 507 g/mol. The van der Waals surface area contributed by atoms with Crippen LogP contribution in [0.1, 0.15) is 5.56 Å². The summed E-state index contributed by atoms with van der Waals surface area (Å²) in [5.41, 5.74) is 7.15. The Morgan fingerprint density at radius 2 is 1.42 bits per heavy atom. The molecule has 1 fully saturated rings. The molecule has 0 aliphatic carbocycles. The molecule has 7 nitrogen and oxygen atoms in total. The van der Waals surface area contributed by atoms with E-state index in [2.05, 4.69) is 60.7 Å². The van der Waals surface area contributed by atoms with Crippen LogP contribution >= 0.6 is 0 Å². The van der Waals surface area contributed by atoms with E-state index in [1.165, 1.54) is 0 Å². The van der Waals surface area contributed by atoms with Crippen LogP contribution in [0.2, 0.25) is 0 Å². The van der Waals surface area contributed by atoms with Gasteiger partial charge in [0.1, 0.15) is 17.2 Å². The van der Waals surface area contributed by atoms with E-state index < -0.39 is 18.1 Å². The van der Waals surface area contributed by atoms with E-state index in [9.17, 15) is 19.8 Å². The number of hydrogen-bond donors (Lipinski definition) is 2. The van der Waals surface area contributed by atoms with Crippen molar-refractivity contribution in [1.29, 1.82) is 0 Å². The lowest BCUT2D eigenvalue weighted by atomic mass is 9.98. The normalized spacial score (nSPS) is 16.2. The molecule has 1 amide bonds. The molecule has 1 aromatic heterocycles. The summed E-state index contributed by atoms with van der Waals surface area (Å²) in [7, 11) is 0. The Labute approximate surface area is 219 Å². The highest BCUT2D eigenvalue weighted by Crippen LogP contribution is 2.36. The first-order valence-electron chi connectivity index (χ1n) is 12.5. The highest BCUT2D eigenvalue weighted by Gasteiger charge is 2.35. The summed E-state index contributed by atoms with van der Waals surface area (Å²) in [6.45, 7) is 1.41. The van der Waals surface area contributed by atoms with Gasteiger partial charge in [0.2, 0.25) is 0 Å². The molecule has 2 N–H and O–H groups in total. The Balaban J connectivity index is 1.18. The van der Waals surface area contributed by atoms with Gasteiger partial charge in [0.15, 0.2) is 0 Å². The van der Waals surface area contributed by atoms with Gasteiger partial charge in [0.25, 0.3) is 0 Å². The fraction of sp³-hybridized carbons (Fsp3) is 0.161. The topological polar surface area (TPSA) is 94.2 Å². The number of amides is 1. The number of rotatable bonds is 5. The quantitative estimate of drug-likeness (QED) is 0.296. The number of piperazine rings is 1. The molecule has 38 heavy (non-hydrogen) atoms. The number of fused-ring (bicyclic) bond motifs is 3. The van der Waals surface area contributed by atoms with Crippen LogP contribution in [0.4, 0.5) is 4.79 Å². The Bertz CT molecular complexity index is 1640. The van der Waals surface area contributed by atoms with Crippen molar-refractivity contribution in [3.63, 3.8) is 0 Å². The van der Waals surface area contributed by atoms with Crippen molar-refractivity contribution in [2.45, 2.75) is 12.6 Å². The molecule has 7 heteroatoms. The lowest BCUT2D eigenvalue weighted by Crippen LogP contribution is -2.57. The number of aliphatic carboxylic acids is 1. The van der Waals surface area contributed by atoms with Crippen molar-refractivity contribution >= 4 is 34.0 Å². The van der Waals surface area contributed by atoms with Gasteiger partial charge < -0.3 is 14.6 Å². The average Bonchev–Trinajstić information content (AvgIpc) is 3.32. The molecule has 190 valence electrons. The zero-order chi connectivity index (χ0) is 26.2. The van der Waals surface area contributed by atoms with Crippen molar-refractivity contribution < 1.29 is 24.2 Å². The van der Waals surface area contributed by atoms with Crippen LogP contribution in [-0.2, 0) is 11.3 Å². The van der Waals surface area contributed by atoms with E-state index in [0.717, 1.165) is 54.7 Å². The molecule has 0 bridgehead atoms. The summed E-state index contributed by atoms with van der Waals surface area (Å²) in [5, 5.41) is 20.9. The first kappa shape index (κ1) is 23.8. The SMILES string of the molecule is O=C(O)C1CN(Cc2ccc(-c3ccc(-c4cccc5c4oc4ccccc45)cc3)cc2)CCN1C(=O)O. The summed E-state index contributed by atoms with van der Waals surface area (Å²) in [6, 6.07) is 29.9. The van der Waals surface area contributed by atoms with Gasteiger partial charge in [-0.1, -0.05) is 84.9 Å². The predicted molar refractivity (Wildman–Crippen MR) is 146 cm³/mol. The third-order valence-corrected chi connectivity index (χ3v) is 7.29. The van der Waals surface area contributed by atoms with E-state index in [-0.39, 0.29) is 13.1 Å². The van der Waals surface area contributed by atoms with E-state index >= 15 is 0 Å². The van der Waals surface area contributed by atoms with Gasteiger partial charge in [-0.2, -0.15) is 0 Å². The first-order valence-corrected chi connectivity index (χ1v) is 12.5. The molecule has 2 heterocycles. The minimum absolute atomic E-state index is 0.169. The number of carboxylic acids is 1. The number of para-hydroxylation sites is 2. The molecular weight excluding hydrogens is 480 g/mol. The van der Waals surface area contributed by atoms with Crippen LogP contribution in [0, 0.1) is 0 Å². The highest BCUT2D eigenvalue weighted by atomic mass is 16.4. The monoisotopic (exact) mass is 506 g/mol. The number of furan rings is 1. The van der Waals surface area contributed by atoms with Gasteiger partial charge in [-0.05, 0) is 28.3 Å². The smallest absolute Gasteiger partial charge is 0.408 e. The maximum absolute atomic E-state index is 11.6. The molecule has 1 aliphatic heterocycles.